The molecular weight excluding hydrogens is 276 g/mol. The van der Waals surface area contributed by atoms with Gasteiger partial charge in [0.25, 0.3) is 0 Å². The highest BCUT2D eigenvalue weighted by molar-refractivity contribution is 5.84. The summed E-state index contributed by atoms with van der Waals surface area (Å²) in [5.41, 5.74) is 4.55. The maximum atomic E-state index is 11.3. The highest BCUT2D eigenvalue weighted by Gasteiger charge is 2.14. The number of nitrogens with zero attached hydrogens (tertiary/aromatic N) is 2. The van der Waals surface area contributed by atoms with Gasteiger partial charge in [0.05, 0.1) is 6.42 Å². The van der Waals surface area contributed by atoms with Crippen molar-refractivity contribution in [3.8, 4) is 22.3 Å². The van der Waals surface area contributed by atoms with Crippen LogP contribution in [0.5, 0.6) is 0 Å². The Morgan fingerprint density at radius 2 is 1.27 bits per heavy atom. The molecule has 4 nitrogen and oxygen atoms in total. The second-order valence-electron chi connectivity index (χ2n) is 4.87. The zero-order valence-electron chi connectivity index (χ0n) is 11.8. The summed E-state index contributed by atoms with van der Waals surface area (Å²) in [6.45, 7) is 0. The molecule has 0 amide bonds. The summed E-state index contributed by atoms with van der Waals surface area (Å²) in [5, 5.41) is 9.28. The van der Waals surface area contributed by atoms with Crippen molar-refractivity contribution in [1.29, 1.82) is 0 Å². The van der Waals surface area contributed by atoms with Gasteiger partial charge in [0.1, 0.15) is 0 Å². The highest BCUT2D eigenvalue weighted by Crippen LogP contribution is 2.32. The first-order valence-corrected chi connectivity index (χ1v) is 6.90. The molecule has 0 saturated heterocycles. The number of carboxylic acids is 1. The lowest BCUT2D eigenvalue weighted by Crippen LogP contribution is -2.04. The zero-order chi connectivity index (χ0) is 15.4. The molecule has 1 aromatic carbocycles. The lowest BCUT2D eigenvalue weighted by Gasteiger charge is -2.14. The van der Waals surface area contributed by atoms with E-state index in [1.165, 1.54) is 0 Å². The molecule has 0 spiro atoms. The Hall–Kier alpha value is -3.01. The number of hydrogen-bond acceptors (Lipinski definition) is 3. The van der Waals surface area contributed by atoms with Gasteiger partial charge in [-0.25, -0.2) is 0 Å². The standard InChI is InChI=1S/C18H14N2O2/c21-18(22)12-17-15(13-4-8-19-9-5-13)2-1-3-16(17)14-6-10-20-11-7-14/h1-11H,12H2,(H,21,22). The minimum absolute atomic E-state index is 0.0316. The van der Waals surface area contributed by atoms with E-state index >= 15 is 0 Å². The van der Waals surface area contributed by atoms with E-state index < -0.39 is 5.97 Å². The van der Waals surface area contributed by atoms with Crippen LogP contribution >= 0.6 is 0 Å². The summed E-state index contributed by atoms with van der Waals surface area (Å²) in [7, 11) is 0. The van der Waals surface area contributed by atoms with Crippen molar-refractivity contribution < 1.29 is 9.90 Å². The summed E-state index contributed by atoms with van der Waals surface area (Å²) in [4.78, 5) is 19.3. The van der Waals surface area contributed by atoms with Gasteiger partial charge < -0.3 is 5.11 Å². The van der Waals surface area contributed by atoms with Crippen LogP contribution in [0.1, 0.15) is 5.56 Å². The first-order chi connectivity index (χ1) is 10.8. The molecular formula is C18H14N2O2. The van der Waals surface area contributed by atoms with Crippen molar-refractivity contribution >= 4 is 5.97 Å². The number of carboxylic acid groups (broad SMARTS) is 1. The normalized spacial score (nSPS) is 10.4. The average molecular weight is 290 g/mol. The third-order valence-corrected chi connectivity index (χ3v) is 3.49. The van der Waals surface area contributed by atoms with Crippen LogP contribution < -0.4 is 0 Å². The SMILES string of the molecule is O=C(O)Cc1c(-c2ccncc2)cccc1-c1ccncc1. The van der Waals surface area contributed by atoms with E-state index in [-0.39, 0.29) is 6.42 Å². The van der Waals surface area contributed by atoms with Gasteiger partial charge in [-0.05, 0) is 52.1 Å². The van der Waals surface area contributed by atoms with E-state index in [9.17, 15) is 9.90 Å². The second-order valence-corrected chi connectivity index (χ2v) is 4.87. The second kappa shape index (κ2) is 6.18. The quantitative estimate of drug-likeness (QED) is 0.799. The number of pyridine rings is 2. The van der Waals surface area contributed by atoms with E-state index in [2.05, 4.69) is 9.97 Å². The van der Waals surface area contributed by atoms with Crippen LogP contribution in [0.2, 0.25) is 0 Å². The van der Waals surface area contributed by atoms with Crippen LogP contribution in [-0.2, 0) is 11.2 Å². The zero-order valence-corrected chi connectivity index (χ0v) is 11.8. The lowest BCUT2D eigenvalue weighted by atomic mass is 9.91. The molecule has 3 aromatic rings. The van der Waals surface area contributed by atoms with Crippen molar-refractivity contribution in [3.63, 3.8) is 0 Å². The largest absolute Gasteiger partial charge is 0.481 e. The molecule has 108 valence electrons. The molecule has 0 aliphatic rings. The first kappa shape index (κ1) is 13.9. The van der Waals surface area contributed by atoms with Crippen molar-refractivity contribution in [3.05, 3.63) is 72.8 Å². The van der Waals surface area contributed by atoms with Crippen LogP contribution in [0.15, 0.2) is 67.3 Å². The van der Waals surface area contributed by atoms with Gasteiger partial charge in [-0.2, -0.15) is 0 Å². The van der Waals surface area contributed by atoms with Crippen molar-refractivity contribution in [2.24, 2.45) is 0 Å². The number of rotatable bonds is 4. The van der Waals surface area contributed by atoms with Gasteiger partial charge in [-0.1, -0.05) is 18.2 Å². The van der Waals surface area contributed by atoms with E-state index in [4.69, 9.17) is 0 Å². The smallest absolute Gasteiger partial charge is 0.307 e. The summed E-state index contributed by atoms with van der Waals surface area (Å²) in [5.74, 6) is -0.850. The highest BCUT2D eigenvalue weighted by atomic mass is 16.4. The van der Waals surface area contributed by atoms with Crippen LogP contribution in [0.4, 0.5) is 0 Å². The fraction of sp³-hybridized carbons (Fsp3) is 0.0556. The number of carbonyl (C=O) groups is 1. The van der Waals surface area contributed by atoms with Crippen molar-refractivity contribution in [2.45, 2.75) is 6.42 Å². The Balaban J connectivity index is 2.21. The molecule has 4 heteroatoms. The van der Waals surface area contributed by atoms with Crippen molar-refractivity contribution in [1.82, 2.24) is 9.97 Å². The Kier molecular flexibility index (Phi) is 3.92. The molecule has 3 rings (SSSR count). The fourth-order valence-electron chi connectivity index (χ4n) is 2.53. The summed E-state index contributed by atoms with van der Waals surface area (Å²) in [6, 6.07) is 13.4. The van der Waals surface area contributed by atoms with Gasteiger partial charge in [-0.15, -0.1) is 0 Å². The molecule has 0 bridgehead atoms. The molecule has 0 saturated carbocycles. The molecule has 0 radical (unpaired) electrons. The molecule has 0 aliphatic carbocycles. The van der Waals surface area contributed by atoms with Crippen LogP contribution in [0.3, 0.4) is 0 Å². The van der Waals surface area contributed by atoms with Gasteiger partial charge in [0.2, 0.25) is 0 Å². The minimum atomic E-state index is -0.850. The molecule has 2 aromatic heterocycles. The minimum Gasteiger partial charge on any atom is -0.481 e. The predicted molar refractivity (Wildman–Crippen MR) is 84.2 cm³/mol. The van der Waals surface area contributed by atoms with E-state index in [1.807, 2.05) is 42.5 Å². The maximum absolute atomic E-state index is 11.3. The summed E-state index contributed by atoms with van der Waals surface area (Å²) >= 11 is 0. The molecule has 1 N–H and O–H groups in total. The number of benzene rings is 1. The topological polar surface area (TPSA) is 63.1 Å². The van der Waals surface area contributed by atoms with Gasteiger partial charge in [0, 0.05) is 24.8 Å². The van der Waals surface area contributed by atoms with Gasteiger partial charge in [-0.3, -0.25) is 14.8 Å². The monoisotopic (exact) mass is 290 g/mol. The third-order valence-electron chi connectivity index (χ3n) is 3.49. The number of aliphatic carboxylic acids is 1. The molecule has 22 heavy (non-hydrogen) atoms. The molecule has 0 fully saturated rings. The molecule has 0 unspecified atom stereocenters. The van der Waals surface area contributed by atoms with Gasteiger partial charge in [0.15, 0.2) is 0 Å². The number of aromatic nitrogens is 2. The van der Waals surface area contributed by atoms with Gasteiger partial charge >= 0.3 is 5.97 Å². The molecule has 0 atom stereocenters. The van der Waals surface area contributed by atoms with E-state index in [0.717, 1.165) is 27.8 Å². The van der Waals surface area contributed by atoms with Crippen LogP contribution in [0, 0.1) is 0 Å². The maximum Gasteiger partial charge on any atom is 0.307 e. The Morgan fingerprint density at radius 1 is 0.818 bits per heavy atom. The lowest BCUT2D eigenvalue weighted by molar-refractivity contribution is -0.136. The fourth-order valence-corrected chi connectivity index (χ4v) is 2.53. The van der Waals surface area contributed by atoms with E-state index in [1.54, 1.807) is 24.8 Å². The Morgan fingerprint density at radius 3 is 1.68 bits per heavy atom. The first-order valence-electron chi connectivity index (χ1n) is 6.90. The van der Waals surface area contributed by atoms with Crippen LogP contribution in [-0.4, -0.2) is 21.0 Å². The Bertz CT molecular complexity index is 729. The Labute approximate surface area is 128 Å². The average Bonchev–Trinajstić information content (AvgIpc) is 2.56. The summed E-state index contributed by atoms with van der Waals surface area (Å²) < 4.78 is 0. The molecule has 2 heterocycles. The molecule has 0 aliphatic heterocycles. The predicted octanol–water partition coefficient (Wildman–Crippen LogP) is 3.44. The van der Waals surface area contributed by atoms with Crippen LogP contribution in [0.25, 0.3) is 22.3 Å². The number of hydrogen-bond donors (Lipinski definition) is 1. The van der Waals surface area contributed by atoms with Crippen molar-refractivity contribution in [2.75, 3.05) is 0 Å². The summed E-state index contributed by atoms with van der Waals surface area (Å²) in [6.07, 6.45) is 6.80. The third kappa shape index (κ3) is 2.86. The van der Waals surface area contributed by atoms with E-state index in [0.29, 0.717) is 0 Å².